The Labute approximate surface area is 92.5 Å². The van der Waals surface area contributed by atoms with Gasteiger partial charge in [0, 0.05) is 5.02 Å². The average molecular weight is 233 g/mol. The first-order valence-electron chi connectivity index (χ1n) is 4.13. The Bertz CT molecular complexity index is 350. The second-order valence-corrected chi connectivity index (χ2v) is 3.97. The van der Waals surface area contributed by atoms with Gasteiger partial charge in [0.2, 0.25) is 0 Å². The molecule has 1 aromatic rings. The van der Waals surface area contributed by atoms with Gasteiger partial charge in [0.1, 0.15) is 5.38 Å². The number of rotatable bonds is 3. The van der Waals surface area contributed by atoms with E-state index < -0.39 is 11.3 Å². The third-order valence-electron chi connectivity index (χ3n) is 2.05. The van der Waals surface area contributed by atoms with E-state index in [1.54, 1.807) is 12.1 Å². The molecule has 0 saturated carbocycles. The van der Waals surface area contributed by atoms with Crippen molar-refractivity contribution in [2.45, 2.75) is 18.7 Å². The molecular formula is C10H10Cl2O2. The van der Waals surface area contributed by atoms with E-state index in [1.165, 1.54) is 0 Å². The highest BCUT2D eigenvalue weighted by atomic mass is 35.5. The van der Waals surface area contributed by atoms with Crippen molar-refractivity contribution in [1.29, 1.82) is 0 Å². The summed E-state index contributed by atoms with van der Waals surface area (Å²) in [6.45, 7) is 1.85. The van der Waals surface area contributed by atoms with E-state index in [0.29, 0.717) is 11.4 Å². The molecule has 0 fully saturated rings. The van der Waals surface area contributed by atoms with Crippen LogP contribution in [0.5, 0.6) is 0 Å². The first-order valence-corrected chi connectivity index (χ1v) is 4.94. The predicted molar refractivity (Wildman–Crippen MR) is 57.2 cm³/mol. The summed E-state index contributed by atoms with van der Waals surface area (Å²) in [4.78, 5) is 10.5. The zero-order chi connectivity index (χ0) is 10.7. The molecule has 0 aliphatic rings. The Morgan fingerprint density at radius 2 is 2.21 bits per heavy atom. The van der Waals surface area contributed by atoms with Crippen molar-refractivity contribution in [2.24, 2.45) is 0 Å². The summed E-state index contributed by atoms with van der Waals surface area (Å²) in [5.41, 5.74) is 1.76. The van der Waals surface area contributed by atoms with Crippen LogP contribution in [0.1, 0.15) is 11.1 Å². The van der Waals surface area contributed by atoms with Gasteiger partial charge in [0.15, 0.2) is 0 Å². The summed E-state index contributed by atoms with van der Waals surface area (Å²) in [5, 5.41) is 8.38. The fourth-order valence-corrected chi connectivity index (χ4v) is 1.51. The third-order valence-corrected chi connectivity index (χ3v) is 2.80. The lowest BCUT2D eigenvalue weighted by Gasteiger charge is -2.08. The molecule has 14 heavy (non-hydrogen) atoms. The fraction of sp³-hybridized carbons (Fsp3) is 0.300. The number of halogens is 2. The molecule has 0 bridgehead atoms. The third kappa shape index (κ3) is 2.63. The van der Waals surface area contributed by atoms with Crippen molar-refractivity contribution in [3.63, 3.8) is 0 Å². The smallest absolute Gasteiger partial charge is 0.321 e. The van der Waals surface area contributed by atoms with E-state index in [9.17, 15) is 4.79 Å². The first-order chi connectivity index (χ1) is 6.52. The van der Waals surface area contributed by atoms with Gasteiger partial charge in [-0.1, -0.05) is 23.7 Å². The second-order valence-electron chi connectivity index (χ2n) is 3.03. The summed E-state index contributed by atoms with van der Waals surface area (Å²) in [6.07, 6.45) is 0.295. The zero-order valence-electron chi connectivity index (χ0n) is 7.63. The van der Waals surface area contributed by atoms with Crippen LogP contribution < -0.4 is 0 Å². The van der Waals surface area contributed by atoms with Crippen molar-refractivity contribution >= 4 is 29.2 Å². The number of carboxylic acid groups (broad SMARTS) is 1. The molecule has 1 atom stereocenters. The minimum atomic E-state index is -1.01. The molecule has 0 saturated heterocycles. The topological polar surface area (TPSA) is 37.3 Å². The average Bonchev–Trinajstić information content (AvgIpc) is 2.12. The standard InChI is InChI=1S/C10H10Cl2O2/c1-6-7(3-2-4-8(6)11)5-9(12)10(13)14/h2-4,9H,5H2,1H3,(H,13,14). The van der Waals surface area contributed by atoms with Gasteiger partial charge < -0.3 is 5.11 Å². The maximum Gasteiger partial charge on any atom is 0.321 e. The van der Waals surface area contributed by atoms with Crippen LogP contribution in [0.25, 0.3) is 0 Å². The van der Waals surface area contributed by atoms with Gasteiger partial charge in [0.05, 0.1) is 0 Å². The van der Waals surface area contributed by atoms with Crippen molar-refractivity contribution in [2.75, 3.05) is 0 Å². The molecular weight excluding hydrogens is 223 g/mol. The second kappa shape index (κ2) is 4.67. The molecule has 76 valence electrons. The van der Waals surface area contributed by atoms with Crippen LogP contribution in [0, 0.1) is 6.92 Å². The molecule has 0 aromatic heterocycles. The monoisotopic (exact) mass is 232 g/mol. The van der Waals surface area contributed by atoms with Crippen molar-refractivity contribution < 1.29 is 9.90 Å². The van der Waals surface area contributed by atoms with Crippen molar-refractivity contribution in [3.05, 3.63) is 34.3 Å². The normalized spacial score (nSPS) is 12.5. The lowest BCUT2D eigenvalue weighted by atomic mass is 10.0. The lowest BCUT2D eigenvalue weighted by Crippen LogP contribution is -2.16. The van der Waals surface area contributed by atoms with E-state index in [4.69, 9.17) is 28.3 Å². The van der Waals surface area contributed by atoms with E-state index in [2.05, 4.69) is 0 Å². The highest BCUT2D eigenvalue weighted by Crippen LogP contribution is 2.21. The Balaban J connectivity index is 2.87. The molecule has 1 aromatic carbocycles. The molecule has 1 rings (SSSR count). The summed E-state index contributed by atoms with van der Waals surface area (Å²) in [7, 11) is 0. The number of hydrogen-bond donors (Lipinski definition) is 1. The highest BCUT2D eigenvalue weighted by Gasteiger charge is 2.15. The molecule has 4 heteroatoms. The molecule has 0 aliphatic heterocycles. The van der Waals surface area contributed by atoms with Crippen LogP contribution in [0.4, 0.5) is 0 Å². The van der Waals surface area contributed by atoms with Crippen LogP contribution in [0.2, 0.25) is 5.02 Å². The van der Waals surface area contributed by atoms with Crippen LogP contribution in [-0.4, -0.2) is 16.5 Å². The first kappa shape index (κ1) is 11.3. The Morgan fingerprint density at radius 3 is 2.79 bits per heavy atom. The fourth-order valence-electron chi connectivity index (χ4n) is 1.15. The van der Waals surface area contributed by atoms with Gasteiger partial charge in [-0.25, -0.2) is 0 Å². The number of benzene rings is 1. The minimum absolute atomic E-state index is 0.295. The SMILES string of the molecule is Cc1c(Cl)cccc1CC(Cl)C(=O)O. The predicted octanol–water partition coefficient (Wildman–Crippen LogP) is 2.88. The molecule has 0 heterocycles. The summed E-state index contributed by atoms with van der Waals surface area (Å²) >= 11 is 11.5. The van der Waals surface area contributed by atoms with E-state index in [1.807, 2.05) is 13.0 Å². The van der Waals surface area contributed by atoms with Crippen LogP contribution in [0.15, 0.2) is 18.2 Å². The Morgan fingerprint density at radius 1 is 1.57 bits per heavy atom. The Hall–Kier alpha value is -0.730. The zero-order valence-corrected chi connectivity index (χ0v) is 9.14. The van der Waals surface area contributed by atoms with E-state index in [-0.39, 0.29) is 0 Å². The van der Waals surface area contributed by atoms with Gasteiger partial charge in [-0.3, -0.25) is 4.79 Å². The van der Waals surface area contributed by atoms with Gasteiger partial charge in [0.25, 0.3) is 0 Å². The maximum atomic E-state index is 10.5. The van der Waals surface area contributed by atoms with Crippen LogP contribution in [0.3, 0.4) is 0 Å². The minimum Gasteiger partial charge on any atom is -0.480 e. The van der Waals surface area contributed by atoms with Gasteiger partial charge >= 0.3 is 5.97 Å². The quantitative estimate of drug-likeness (QED) is 0.815. The molecule has 0 aliphatic carbocycles. The van der Waals surface area contributed by atoms with E-state index >= 15 is 0 Å². The maximum absolute atomic E-state index is 10.5. The number of carbonyl (C=O) groups is 1. The molecule has 0 radical (unpaired) electrons. The molecule has 2 nitrogen and oxygen atoms in total. The lowest BCUT2D eigenvalue weighted by molar-refractivity contribution is -0.136. The molecule has 0 spiro atoms. The summed E-state index contributed by atoms with van der Waals surface area (Å²) in [6, 6.07) is 5.39. The van der Waals surface area contributed by atoms with Crippen LogP contribution >= 0.6 is 23.2 Å². The summed E-state index contributed by atoms with van der Waals surface area (Å²) < 4.78 is 0. The Kier molecular flexibility index (Phi) is 3.78. The highest BCUT2D eigenvalue weighted by molar-refractivity contribution is 6.31. The largest absolute Gasteiger partial charge is 0.480 e. The molecule has 1 unspecified atom stereocenters. The van der Waals surface area contributed by atoms with Crippen molar-refractivity contribution in [1.82, 2.24) is 0 Å². The van der Waals surface area contributed by atoms with Gasteiger partial charge in [-0.2, -0.15) is 0 Å². The van der Waals surface area contributed by atoms with Crippen molar-refractivity contribution in [3.8, 4) is 0 Å². The van der Waals surface area contributed by atoms with Crippen LogP contribution in [-0.2, 0) is 11.2 Å². The van der Waals surface area contributed by atoms with E-state index in [0.717, 1.165) is 11.1 Å². The van der Waals surface area contributed by atoms with Gasteiger partial charge in [-0.15, -0.1) is 11.6 Å². The molecule has 0 amide bonds. The molecule has 1 N–H and O–H groups in total. The number of aliphatic carboxylic acids is 1. The van der Waals surface area contributed by atoms with Gasteiger partial charge in [-0.05, 0) is 30.5 Å². The summed E-state index contributed by atoms with van der Waals surface area (Å²) in [5.74, 6) is -1.01. The number of alkyl halides is 1. The number of hydrogen-bond acceptors (Lipinski definition) is 1. The number of carboxylic acids is 1.